The van der Waals surface area contributed by atoms with Crippen molar-refractivity contribution in [3.63, 3.8) is 0 Å². The fourth-order valence-corrected chi connectivity index (χ4v) is 5.13. The SMILES string of the molecule is C[C@@H]1C[C@@H](C)CN(C(=O)[C@@H](C)OC(=O)CCNS(=O)(=O)c2ccc3c(c2)OCCCO3)C1. The number of sulfonamides is 1. The zero-order chi connectivity index (χ0) is 23.3. The second kappa shape index (κ2) is 10.5. The van der Waals surface area contributed by atoms with Crippen LogP contribution in [-0.4, -0.2) is 64.1 Å². The molecule has 178 valence electrons. The Hall–Kier alpha value is -2.33. The molecule has 0 radical (unpaired) electrons. The predicted octanol–water partition coefficient (Wildman–Crippen LogP) is 1.95. The van der Waals surface area contributed by atoms with Gasteiger partial charge in [-0.2, -0.15) is 0 Å². The molecule has 1 saturated heterocycles. The second-order valence-corrected chi connectivity index (χ2v) is 10.4. The molecule has 2 aliphatic heterocycles. The monoisotopic (exact) mass is 468 g/mol. The second-order valence-electron chi connectivity index (χ2n) is 8.63. The Morgan fingerprint density at radius 3 is 2.50 bits per heavy atom. The van der Waals surface area contributed by atoms with Gasteiger partial charge in [0, 0.05) is 32.1 Å². The largest absolute Gasteiger partial charge is 0.490 e. The zero-order valence-electron chi connectivity index (χ0n) is 18.8. The lowest BCUT2D eigenvalue weighted by molar-refractivity contribution is -0.160. The van der Waals surface area contributed by atoms with E-state index < -0.39 is 22.1 Å². The van der Waals surface area contributed by atoms with Crippen molar-refractivity contribution < 1.29 is 32.2 Å². The van der Waals surface area contributed by atoms with Crippen molar-refractivity contribution in [2.24, 2.45) is 11.8 Å². The number of rotatable bonds is 7. The fourth-order valence-electron chi connectivity index (χ4n) is 4.09. The third kappa shape index (κ3) is 6.35. The number of benzene rings is 1. The highest BCUT2D eigenvalue weighted by Gasteiger charge is 2.30. The third-order valence-corrected chi connectivity index (χ3v) is 6.95. The fraction of sp³-hybridized carbons (Fsp3) is 0.636. The van der Waals surface area contributed by atoms with Gasteiger partial charge in [0.25, 0.3) is 5.91 Å². The molecular formula is C22H32N2O7S. The Morgan fingerprint density at radius 2 is 1.81 bits per heavy atom. The first-order valence-electron chi connectivity index (χ1n) is 11.0. The number of carbonyl (C=O) groups is 2. The Kier molecular flexibility index (Phi) is 8.00. The maximum atomic E-state index is 12.6. The molecule has 1 aromatic carbocycles. The van der Waals surface area contributed by atoms with E-state index >= 15 is 0 Å². The van der Waals surface area contributed by atoms with Crippen molar-refractivity contribution >= 4 is 21.9 Å². The van der Waals surface area contributed by atoms with Crippen LogP contribution in [0.5, 0.6) is 11.5 Å². The van der Waals surface area contributed by atoms with E-state index in [1.54, 1.807) is 17.9 Å². The minimum Gasteiger partial charge on any atom is -0.490 e. The highest BCUT2D eigenvalue weighted by atomic mass is 32.2. The van der Waals surface area contributed by atoms with E-state index in [2.05, 4.69) is 18.6 Å². The predicted molar refractivity (Wildman–Crippen MR) is 117 cm³/mol. The number of nitrogens with zero attached hydrogens (tertiary/aromatic N) is 1. The van der Waals surface area contributed by atoms with Crippen LogP contribution in [0.15, 0.2) is 23.1 Å². The van der Waals surface area contributed by atoms with Gasteiger partial charge in [-0.05, 0) is 37.3 Å². The summed E-state index contributed by atoms with van der Waals surface area (Å²) in [6.07, 6.45) is 0.696. The first kappa shape index (κ1) is 24.3. The van der Waals surface area contributed by atoms with Gasteiger partial charge in [-0.15, -0.1) is 0 Å². The lowest BCUT2D eigenvalue weighted by Crippen LogP contribution is -2.47. The quantitative estimate of drug-likeness (QED) is 0.609. The summed E-state index contributed by atoms with van der Waals surface area (Å²) in [5.41, 5.74) is 0. The molecule has 1 fully saturated rings. The molecule has 0 aliphatic carbocycles. The van der Waals surface area contributed by atoms with E-state index in [9.17, 15) is 18.0 Å². The molecule has 1 amide bonds. The summed E-state index contributed by atoms with van der Waals surface area (Å²) in [4.78, 5) is 26.5. The van der Waals surface area contributed by atoms with E-state index in [-0.39, 0.29) is 23.8 Å². The molecule has 1 N–H and O–H groups in total. The van der Waals surface area contributed by atoms with E-state index in [0.29, 0.717) is 56.1 Å². The van der Waals surface area contributed by atoms with Gasteiger partial charge in [0.15, 0.2) is 17.6 Å². The highest BCUT2D eigenvalue weighted by molar-refractivity contribution is 7.89. The minimum absolute atomic E-state index is 0.0204. The van der Waals surface area contributed by atoms with Gasteiger partial charge in [-0.1, -0.05) is 13.8 Å². The number of esters is 1. The minimum atomic E-state index is -3.84. The maximum Gasteiger partial charge on any atom is 0.307 e. The lowest BCUT2D eigenvalue weighted by atomic mass is 9.91. The number of hydrogen-bond donors (Lipinski definition) is 1. The molecule has 1 aromatic rings. The molecule has 3 atom stereocenters. The first-order valence-corrected chi connectivity index (χ1v) is 12.5. The van der Waals surface area contributed by atoms with Crippen molar-refractivity contribution in [1.29, 1.82) is 0 Å². The van der Waals surface area contributed by atoms with Crippen molar-refractivity contribution in [3.05, 3.63) is 18.2 Å². The average molecular weight is 469 g/mol. The molecule has 0 aromatic heterocycles. The Balaban J connectivity index is 1.48. The van der Waals surface area contributed by atoms with E-state index in [1.165, 1.54) is 12.1 Å². The number of carbonyl (C=O) groups excluding carboxylic acids is 2. The Labute approximate surface area is 189 Å². The highest BCUT2D eigenvalue weighted by Crippen LogP contribution is 2.31. The van der Waals surface area contributed by atoms with Crippen molar-refractivity contribution in [2.75, 3.05) is 32.8 Å². The summed E-state index contributed by atoms with van der Waals surface area (Å²) in [5, 5.41) is 0. The third-order valence-electron chi connectivity index (χ3n) is 5.49. The van der Waals surface area contributed by atoms with Gasteiger partial charge in [0.05, 0.1) is 24.5 Å². The van der Waals surface area contributed by atoms with Crippen LogP contribution in [0.4, 0.5) is 0 Å². The normalized spacial score (nSPS) is 22.0. The number of hydrogen-bond acceptors (Lipinski definition) is 7. The van der Waals surface area contributed by atoms with Crippen molar-refractivity contribution in [3.8, 4) is 11.5 Å². The number of nitrogens with one attached hydrogen (secondary N) is 1. The van der Waals surface area contributed by atoms with Crippen LogP contribution < -0.4 is 14.2 Å². The lowest BCUT2D eigenvalue weighted by Gasteiger charge is -2.36. The molecule has 0 spiro atoms. The maximum absolute atomic E-state index is 12.6. The molecule has 0 bridgehead atoms. The molecule has 0 unspecified atom stereocenters. The van der Waals surface area contributed by atoms with Crippen molar-refractivity contribution in [2.45, 2.75) is 51.0 Å². The van der Waals surface area contributed by atoms with Crippen LogP contribution in [0.2, 0.25) is 0 Å². The van der Waals surface area contributed by atoms with Gasteiger partial charge in [-0.3, -0.25) is 9.59 Å². The number of amides is 1. The molecule has 10 heteroatoms. The molecule has 3 rings (SSSR count). The molecule has 2 heterocycles. The summed E-state index contributed by atoms with van der Waals surface area (Å²) in [5.74, 6) is 0.837. The van der Waals surface area contributed by atoms with E-state index in [1.807, 2.05) is 0 Å². The first-order chi connectivity index (χ1) is 15.2. The van der Waals surface area contributed by atoms with Gasteiger partial charge in [0.2, 0.25) is 10.0 Å². The number of fused-ring (bicyclic) bond motifs is 1. The van der Waals surface area contributed by atoms with Crippen LogP contribution >= 0.6 is 0 Å². The van der Waals surface area contributed by atoms with E-state index in [4.69, 9.17) is 14.2 Å². The summed E-state index contributed by atoms with van der Waals surface area (Å²) in [6, 6.07) is 4.39. The number of ether oxygens (including phenoxy) is 3. The van der Waals surface area contributed by atoms with Crippen molar-refractivity contribution in [1.82, 2.24) is 9.62 Å². The van der Waals surface area contributed by atoms with E-state index in [0.717, 1.165) is 6.42 Å². The van der Waals surface area contributed by atoms with Crippen LogP contribution in [0.1, 0.15) is 40.0 Å². The molecule has 32 heavy (non-hydrogen) atoms. The molecule has 0 saturated carbocycles. The summed E-state index contributed by atoms with van der Waals surface area (Å²) in [7, 11) is -3.84. The summed E-state index contributed by atoms with van der Waals surface area (Å²) >= 11 is 0. The Morgan fingerprint density at radius 1 is 1.16 bits per heavy atom. The van der Waals surface area contributed by atoms with Gasteiger partial charge < -0.3 is 19.1 Å². The van der Waals surface area contributed by atoms with Gasteiger partial charge >= 0.3 is 5.97 Å². The summed E-state index contributed by atoms with van der Waals surface area (Å²) < 4.78 is 43.8. The van der Waals surface area contributed by atoms with Crippen LogP contribution in [0.3, 0.4) is 0 Å². The number of piperidine rings is 1. The zero-order valence-corrected chi connectivity index (χ0v) is 19.7. The molecule has 2 aliphatic rings. The summed E-state index contributed by atoms with van der Waals surface area (Å²) in [6.45, 7) is 7.86. The molecule has 9 nitrogen and oxygen atoms in total. The smallest absolute Gasteiger partial charge is 0.307 e. The van der Waals surface area contributed by atoms with Crippen LogP contribution in [-0.2, 0) is 24.3 Å². The van der Waals surface area contributed by atoms with Crippen LogP contribution in [0.25, 0.3) is 0 Å². The van der Waals surface area contributed by atoms with Gasteiger partial charge in [-0.25, -0.2) is 13.1 Å². The number of likely N-dealkylation sites (tertiary alicyclic amines) is 1. The van der Waals surface area contributed by atoms with Crippen LogP contribution in [0, 0.1) is 11.8 Å². The standard InChI is InChI=1S/C22H32N2O7S/c1-15-11-16(2)14-24(13-15)22(26)17(3)31-21(25)7-8-23-32(27,28)18-5-6-19-20(12-18)30-10-4-9-29-19/h5-6,12,15-17,23H,4,7-11,13-14H2,1-3H3/t15-,16-,17-/m1/s1. The Bertz CT molecular complexity index is 924. The van der Waals surface area contributed by atoms with Gasteiger partial charge in [0.1, 0.15) is 0 Å². The topological polar surface area (TPSA) is 111 Å². The molecular weight excluding hydrogens is 436 g/mol. The average Bonchev–Trinajstić information content (AvgIpc) is 2.97.